The quantitative estimate of drug-likeness (QED) is 0.784. The zero-order valence-corrected chi connectivity index (χ0v) is 12.4. The third-order valence-corrected chi connectivity index (χ3v) is 3.40. The average Bonchev–Trinajstić information content (AvgIpc) is 2.70. The molecular formula is C16H20N2O2. The molecular weight excluding hydrogens is 252 g/mol. The van der Waals surface area contributed by atoms with Crippen LogP contribution in [0.5, 0.6) is 5.75 Å². The van der Waals surface area contributed by atoms with E-state index in [2.05, 4.69) is 5.10 Å². The molecule has 0 aliphatic carbocycles. The Labute approximate surface area is 119 Å². The van der Waals surface area contributed by atoms with Crippen LogP contribution in [0.2, 0.25) is 0 Å². The molecule has 0 aliphatic rings. The first-order chi connectivity index (χ1) is 9.58. The number of aldehydes is 1. The Kier molecular flexibility index (Phi) is 4.23. The first kappa shape index (κ1) is 14.3. The van der Waals surface area contributed by atoms with E-state index in [1.54, 1.807) is 0 Å². The molecule has 0 bridgehead atoms. The molecule has 0 N–H and O–H groups in total. The summed E-state index contributed by atoms with van der Waals surface area (Å²) in [5.41, 5.74) is 4.71. The van der Waals surface area contributed by atoms with Gasteiger partial charge < -0.3 is 4.74 Å². The number of aromatic nitrogens is 2. The Balaban J connectivity index is 2.46. The zero-order valence-electron chi connectivity index (χ0n) is 12.4. The van der Waals surface area contributed by atoms with Gasteiger partial charge in [-0.3, -0.25) is 9.48 Å². The predicted molar refractivity (Wildman–Crippen MR) is 79.3 cm³/mol. The van der Waals surface area contributed by atoms with Crippen LogP contribution in [0.4, 0.5) is 0 Å². The number of benzene rings is 1. The molecule has 0 spiro atoms. The number of aryl methyl sites for hydroxylation is 2. The maximum atomic E-state index is 11.2. The summed E-state index contributed by atoms with van der Waals surface area (Å²) in [6.45, 7) is 6.66. The number of hydrogen-bond donors (Lipinski definition) is 0. The van der Waals surface area contributed by atoms with Crippen LogP contribution >= 0.6 is 0 Å². The van der Waals surface area contributed by atoms with E-state index in [1.165, 1.54) is 0 Å². The molecule has 0 atom stereocenters. The van der Waals surface area contributed by atoms with Gasteiger partial charge in [0.05, 0.1) is 17.9 Å². The van der Waals surface area contributed by atoms with Gasteiger partial charge >= 0.3 is 0 Å². The van der Waals surface area contributed by atoms with Crippen LogP contribution in [-0.2, 0) is 7.05 Å². The Bertz CT molecular complexity index is 630. The highest BCUT2D eigenvalue weighted by Gasteiger charge is 2.13. The maximum absolute atomic E-state index is 11.2. The lowest BCUT2D eigenvalue weighted by molar-refractivity contribution is 0.111. The van der Waals surface area contributed by atoms with Crippen LogP contribution in [0.25, 0.3) is 11.1 Å². The van der Waals surface area contributed by atoms with E-state index in [1.807, 2.05) is 50.7 Å². The third-order valence-electron chi connectivity index (χ3n) is 3.40. The number of hydrogen-bond acceptors (Lipinski definition) is 3. The summed E-state index contributed by atoms with van der Waals surface area (Å²) in [5, 5.41) is 4.41. The van der Waals surface area contributed by atoms with Crippen molar-refractivity contribution in [3.8, 4) is 16.9 Å². The standard InChI is InChI=1S/C16H20N2O2/c1-5-8-20-15-7-6-13(9-14(15)10-19)16-11(2)17-18(4)12(16)3/h6-7,9-10H,5,8H2,1-4H3. The first-order valence-corrected chi connectivity index (χ1v) is 6.81. The lowest BCUT2D eigenvalue weighted by Gasteiger charge is -2.09. The summed E-state index contributed by atoms with van der Waals surface area (Å²) in [6, 6.07) is 5.71. The van der Waals surface area contributed by atoms with E-state index < -0.39 is 0 Å². The fourth-order valence-corrected chi connectivity index (χ4v) is 2.33. The van der Waals surface area contributed by atoms with E-state index in [0.29, 0.717) is 17.9 Å². The van der Waals surface area contributed by atoms with E-state index >= 15 is 0 Å². The lowest BCUT2D eigenvalue weighted by atomic mass is 10.0. The second-order valence-electron chi connectivity index (χ2n) is 4.89. The van der Waals surface area contributed by atoms with Gasteiger partial charge in [0, 0.05) is 18.3 Å². The topological polar surface area (TPSA) is 44.1 Å². The highest BCUT2D eigenvalue weighted by molar-refractivity contribution is 5.83. The van der Waals surface area contributed by atoms with Crippen LogP contribution in [0, 0.1) is 13.8 Å². The van der Waals surface area contributed by atoms with Crippen LogP contribution in [-0.4, -0.2) is 22.7 Å². The highest BCUT2D eigenvalue weighted by atomic mass is 16.5. The Morgan fingerprint density at radius 2 is 2.10 bits per heavy atom. The molecule has 0 unspecified atom stereocenters. The molecule has 0 fully saturated rings. The first-order valence-electron chi connectivity index (χ1n) is 6.81. The average molecular weight is 272 g/mol. The Morgan fingerprint density at radius 3 is 2.65 bits per heavy atom. The van der Waals surface area contributed by atoms with E-state index in [0.717, 1.165) is 35.2 Å². The van der Waals surface area contributed by atoms with Gasteiger partial charge in [0.2, 0.25) is 0 Å². The summed E-state index contributed by atoms with van der Waals surface area (Å²) in [5.74, 6) is 0.643. The van der Waals surface area contributed by atoms with Crippen molar-refractivity contribution < 1.29 is 9.53 Å². The van der Waals surface area contributed by atoms with Crippen molar-refractivity contribution >= 4 is 6.29 Å². The summed E-state index contributed by atoms with van der Waals surface area (Å²) in [6.07, 6.45) is 1.76. The second kappa shape index (κ2) is 5.90. The van der Waals surface area contributed by atoms with Crippen molar-refractivity contribution in [2.45, 2.75) is 27.2 Å². The van der Waals surface area contributed by atoms with Gasteiger partial charge in [-0.25, -0.2) is 0 Å². The number of carbonyl (C=O) groups is 1. The van der Waals surface area contributed by atoms with Gasteiger partial charge in [-0.2, -0.15) is 5.10 Å². The molecule has 106 valence electrons. The molecule has 0 saturated carbocycles. The predicted octanol–water partition coefficient (Wildman–Crippen LogP) is 3.31. The van der Waals surface area contributed by atoms with Crippen LogP contribution in [0.3, 0.4) is 0 Å². The van der Waals surface area contributed by atoms with Gasteiger partial charge in [0.15, 0.2) is 6.29 Å². The van der Waals surface area contributed by atoms with Crippen molar-refractivity contribution in [1.82, 2.24) is 9.78 Å². The minimum absolute atomic E-state index is 0.582. The maximum Gasteiger partial charge on any atom is 0.153 e. The normalized spacial score (nSPS) is 10.6. The second-order valence-corrected chi connectivity index (χ2v) is 4.89. The molecule has 2 rings (SSSR count). The van der Waals surface area contributed by atoms with E-state index in [-0.39, 0.29) is 0 Å². The van der Waals surface area contributed by atoms with Gasteiger partial charge in [-0.1, -0.05) is 13.0 Å². The van der Waals surface area contributed by atoms with Crippen molar-refractivity contribution in [2.24, 2.45) is 7.05 Å². The molecule has 0 radical (unpaired) electrons. The van der Waals surface area contributed by atoms with Crippen LogP contribution in [0.15, 0.2) is 18.2 Å². The van der Waals surface area contributed by atoms with Crippen molar-refractivity contribution in [1.29, 1.82) is 0 Å². The molecule has 4 nitrogen and oxygen atoms in total. The van der Waals surface area contributed by atoms with Gasteiger partial charge in [0.25, 0.3) is 0 Å². The third kappa shape index (κ3) is 2.59. The molecule has 1 aromatic heterocycles. The smallest absolute Gasteiger partial charge is 0.153 e. The van der Waals surface area contributed by atoms with Gasteiger partial charge in [0.1, 0.15) is 5.75 Å². The van der Waals surface area contributed by atoms with E-state index in [9.17, 15) is 4.79 Å². The SMILES string of the molecule is CCCOc1ccc(-c2c(C)nn(C)c2C)cc1C=O. The molecule has 0 aliphatic heterocycles. The number of rotatable bonds is 5. The number of nitrogens with zero attached hydrogens (tertiary/aromatic N) is 2. The van der Waals surface area contributed by atoms with Gasteiger partial charge in [-0.05, 0) is 38.0 Å². The molecule has 4 heteroatoms. The number of ether oxygens (including phenoxy) is 1. The highest BCUT2D eigenvalue weighted by Crippen LogP contribution is 2.30. The number of carbonyl (C=O) groups excluding carboxylic acids is 1. The largest absolute Gasteiger partial charge is 0.493 e. The van der Waals surface area contributed by atoms with Crippen molar-refractivity contribution in [3.63, 3.8) is 0 Å². The molecule has 0 saturated heterocycles. The van der Waals surface area contributed by atoms with Crippen LogP contribution in [0.1, 0.15) is 35.1 Å². The summed E-state index contributed by atoms with van der Waals surface area (Å²) >= 11 is 0. The summed E-state index contributed by atoms with van der Waals surface area (Å²) in [4.78, 5) is 11.2. The van der Waals surface area contributed by atoms with Gasteiger partial charge in [-0.15, -0.1) is 0 Å². The Morgan fingerprint density at radius 1 is 1.35 bits per heavy atom. The Hall–Kier alpha value is -2.10. The summed E-state index contributed by atoms with van der Waals surface area (Å²) in [7, 11) is 1.92. The van der Waals surface area contributed by atoms with Crippen LogP contribution < -0.4 is 4.74 Å². The molecule has 1 heterocycles. The van der Waals surface area contributed by atoms with Crippen molar-refractivity contribution in [2.75, 3.05) is 6.61 Å². The van der Waals surface area contributed by atoms with Crippen molar-refractivity contribution in [3.05, 3.63) is 35.2 Å². The monoisotopic (exact) mass is 272 g/mol. The molecule has 1 aromatic carbocycles. The lowest BCUT2D eigenvalue weighted by Crippen LogP contribution is -1.99. The van der Waals surface area contributed by atoms with E-state index in [4.69, 9.17) is 4.74 Å². The fourth-order valence-electron chi connectivity index (χ4n) is 2.33. The minimum Gasteiger partial charge on any atom is -0.493 e. The fraction of sp³-hybridized carbons (Fsp3) is 0.375. The minimum atomic E-state index is 0.582. The molecule has 20 heavy (non-hydrogen) atoms. The zero-order chi connectivity index (χ0) is 14.7. The summed E-state index contributed by atoms with van der Waals surface area (Å²) < 4.78 is 7.44. The molecule has 2 aromatic rings. The molecule has 0 amide bonds.